The average Bonchev–Trinajstić information content (AvgIpc) is 2.34. The van der Waals surface area contributed by atoms with Gasteiger partial charge in [-0.15, -0.1) is 0 Å². The number of nitrogens with zero attached hydrogens (tertiary/aromatic N) is 2. The lowest BCUT2D eigenvalue weighted by Gasteiger charge is -2.09. The topological polar surface area (TPSA) is 48.7 Å². The van der Waals surface area contributed by atoms with E-state index in [9.17, 15) is 13.2 Å². The van der Waals surface area contributed by atoms with Crippen molar-refractivity contribution in [1.29, 1.82) is 5.26 Å². The van der Waals surface area contributed by atoms with E-state index in [1.807, 2.05) is 0 Å². The van der Waals surface area contributed by atoms with Crippen molar-refractivity contribution in [3.8, 4) is 6.07 Å². The summed E-state index contributed by atoms with van der Waals surface area (Å²) >= 11 is 0. The molecule has 3 nitrogen and oxygen atoms in total. The fraction of sp³-hybridized carbons (Fsp3) is 0.0909. The van der Waals surface area contributed by atoms with Gasteiger partial charge in [-0.05, 0) is 0 Å². The minimum atomic E-state index is -1.58. The predicted octanol–water partition coefficient (Wildman–Crippen LogP) is 2.57. The number of benzene rings is 1. The molecule has 17 heavy (non-hydrogen) atoms. The highest BCUT2D eigenvalue weighted by atomic mass is 19.2. The molecule has 86 valence electrons. The number of hydrogen-bond acceptors (Lipinski definition) is 3. The Balaban J connectivity index is 2.99. The van der Waals surface area contributed by atoms with Crippen LogP contribution in [-0.4, -0.2) is 12.0 Å². The number of anilines is 1. The van der Waals surface area contributed by atoms with Crippen molar-refractivity contribution in [3.63, 3.8) is 0 Å². The Morgan fingerprint density at radius 3 is 2.59 bits per heavy atom. The second-order valence-electron chi connectivity index (χ2n) is 3.29. The average molecular weight is 237 g/mol. The number of nitrogens with one attached hydrogen (secondary N) is 1. The molecule has 1 heterocycles. The molecule has 1 aromatic heterocycles. The molecular formula is C11H6F3N3. The molecule has 0 aliphatic rings. The number of rotatable bonds is 1. The van der Waals surface area contributed by atoms with Crippen LogP contribution < -0.4 is 5.32 Å². The Labute approximate surface area is 94.5 Å². The van der Waals surface area contributed by atoms with Gasteiger partial charge < -0.3 is 5.32 Å². The molecule has 0 fully saturated rings. The van der Waals surface area contributed by atoms with E-state index in [1.165, 1.54) is 13.2 Å². The summed E-state index contributed by atoms with van der Waals surface area (Å²) in [7, 11) is 1.45. The van der Waals surface area contributed by atoms with Gasteiger partial charge in [0.25, 0.3) is 0 Å². The molecule has 0 amide bonds. The monoisotopic (exact) mass is 237 g/mol. The molecule has 2 aromatic rings. The third-order valence-corrected chi connectivity index (χ3v) is 2.36. The quantitative estimate of drug-likeness (QED) is 0.775. The van der Waals surface area contributed by atoms with Gasteiger partial charge in [0.05, 0.1) is 22.2 Å². The lowest BCUT2D eigenvalue weighted by atomic mass is 10.1. The normalized spacial score (nSPS) is 10.3. The summed E-state index contributed by atoms with van der Waals surface area (Å²) in [5.41, 5.74) is 0.101. The largest absolute Gasteiger partial charge is 0.386 e. The first kappa shape index (κ1) is 11.2. The molecule has 0 spiro atoms. The fourth-order valence-electron chi connectivity index (χ4n) is 1.60. The zero-order valence-corrected chi connectivity index (χ0v) is 8.68. The second kappa shape index (κ2) is 3.94. The molecule has 6 heteroatoms. The van der Waals surface area contributed by atoms with Crippen molar-refractivity contribution in [2.45, 2.75) is 0 Å². The first-order chi connectivity index (χ1) is 8.10. The van der Waals surface area contributed by atoms with Gasteiger partial charge in [-0.3, -0.25) is 4.98 Å². The van der Waals surface area contributed by atoms with E-state index in [-0.39, 0.29) is 22.2 Å². The summed E-state index contributed by atoms with van der Waals surface area (Å²) in [5.74, 6) is -4.24. The summed E-state index contributed by atoms with van der Waals surface area (Å²) in [4.78, 5) is 3.71. The summed E-state index contributed by atoms with van der Waals surface area (Å²) in [6, 6.07) is 2.58. The molecule has 0 aliphatic heterocycles. The summed E-state index contributed by atoms with van der Waals surface area (Å²) in [6.07, 6.45) is 1.17. The summed E-state index contributed by atoms with van der Waals surface area (Å²) in [5, 5.41) is 11.2. The van der Waals surface area contributed by atoms with Crippen LogP contribution in [0.5, 0.6) is 0 Å². The van der Waals surface area contributed by atoms with Crippen LogP contribution in [-0.2, 0) is 0 Å². The molecule has 0 saturated carbocycles. The smallest absolute Gasteiger partial charge is 0.195 e. The van der Waals surface area contributed by atoms with Crippen LogP contribution in [0.15, 0.2) is 12.3 Å². The molecule has 1 aromatic carbocycles. The van der Waals surface area contributed by atoms with Crippen LogP contribution in [0.2, 0.25) is 0 Å². The SMILES string of the molecule is CNc1c(C#N)cnc2cc(F)c(F)c(F)c12. The number of nitriles is 1. The lowest BCUT2D eigenvalue weighted by molar-refractivity contribution is 0.453. The molecule has 0 atom stereocenters. The van der Waals surface area contributed by atoms with Gasteiger partial charge in [-0.25, -0.2) is 13.2 Å². The number of pyridine rings is 1. The van der Waals surface area contributed by atoms with Crippen molar-refractivity contribution >= 4 is 16.6 Å². The van der Waals surface area contributed by atoms with Crippen LogP contribution >= 0.6 is 0 Å². The third kappa shape index (κ3) is 1.56. The minimum Gasteiger partial charge on any atom is -0.386 e. The Morgan fingerprint density at radius 1 is 1.29 bits per heavy atom. The first-order valence-corrected chi connectivity index (χ1v) is 4.64. The van der Waals surface area contributed by atoms with Gasteiger partial charge >= 0.3 is 0 Å². The summed E-state index contributed by atoms with van der Waals surface area (Å²) < 4.78 is 39.7. The highest BCUT2D eigenvalue weighted by Crippen LogP contribution is 2.30. The molecular weight excluding hydrogens is 231 g/mol. The van der Waals surface area contributed by atoms with Crippen LogP contribution in [0.4, 0.5) is 18.9 Å². The van der Waals surface area contributed by atoms with Gasteiger partial charge in [0.15, 0.2) is 17.5 Å². The van der Waals surface area contributed by atoms with Crippen LogP contribution in [0.3, 0.4) is 0 Å². The van der Waals surface area contributed by atoms with Crippen molar-refractivity contribution in [2.24, 2.45) is 0 Å². The van der Waals surface area contributed by atoms with Crippen molar-refractivity contribution in [1.82, 2.24) is 4.98 Å². The standard InChI is InChI=1S/C11H6F3N3/c1-16-11-5(3-15)4-17-7-2-6(12)9(13)10(14)8(7)11/h2,4H,1H3,(H,16,17). The molecule has 0 bridgehead atoms. The van der Waals surface area contributed by atoms with Crippen molar-refractivity contribution in [2.75, 3.05) is 12.4 Å². The summed E-state index contributed by atoms with van der Waals surface area (Å²) in [6.45, 7) is 0. The maximum Gasteiger partial charge on any atom is 0.195 e. The van der Waals surface area contributed by atoms with Gasteiger partial charge in [-0.2, -0.15) is 5.26 Å². The number of aromatic nitrogens is 1. The highest BCUT2D eigenvalue weighted by Gasteiger charge is 2.18. The zero-order chi connectivity index (χ0) is 12.6. The van der Waals surface area contributed by atoms with Gasteiger partial charge in [0, 0.05) is 19.3 Å². The second-order valence-corrected chi connectivity index (χ2v) is 3.29. The van der Waals surface area contributed by atoms with Gasteiger partial charge in [-0.1, -0.05) is 0 Å². The van der Waals surface area contributed by atoms with E-state index < -0.39 is 17.5 Å². The van der Waals surface area contributed by atoms with Gasteiger partial charge in [0.1, 0.15) is 6.07 Å². The van der Waals surface area contributed by atoms with Gasteiger partial charge in [0.2, 0.25) is 0 Å². The van der Waals surface area contributed by atoms with Crippen LogP contribution in [0.1, 0.15) is 5.56 Å². The molecule has 0 aliphatic carbocycles. The lowest BCUT2D eigenvalue weighted by Crippen LogP contribution is -2.01. The zero-order valence-electron chi connectivity index (χ0n) is 8.68. The maximum atomic E-state index is 13.6. The molecule has 1 N–H and O–H groups in total. The van der Waals surface area contributed by atoms with Crippen molar-refractivity contribution in [3.05, 3.63) is 35.3 Å². The Morgan fingerprint density at radius 2 is 2.00 bits per heavy atom. The number of halogens is 3. The molecule has 0 unspecified atom stereocenters. The third-order valence-electron chi connectivity index (χ3n) is 2.36. The van der Waals surface area contributed by atoms with E-state index >= 15 is 0 Å². The molecule has 2 rings (SSSR count). The van der Waals surface area contributed by atoms with Crippen LogP contribution in [0, 0.1) is 28.8 Å². The van der Waals surface area contributed by atoms with E-state index in [4.69, 9.17) is 5.26 Å². The highest BCUT2D eigenvalue weighted by molar-refractivity contribution is 5.94. The fourth-order valence-corrected chi connectivity index (χ4v) is 1.60. The Kier molecular flexibility index (Phi) is 2.60. The van der Waals surface area contributed by atoms with Crippen molar-refractivity contribution < 1.29 is 13.2 Å². The molecule has 0 radical (unpaired) electrons. The molecule has 0 saturated heterocycles. The van der Waals surface area contributed by atoms with E-state index in [0.29, 0.717) is 0 Å². The predicted molar refractivity (Wildman–Crippen MR) is 55.9 cm³/mol. The van der Waals surface area contributed by atoms with E-state index in [0.717, 1.165) is 6.07 Å². The number of hydrogen-bond donors (Lipinski definition) is 1. The Bertz CT molecular complexity index is 647. The Hall–Kier alpha value is -2.29. The number of fused-ring (bicyclic) bond motifs is 1. The van der Waals surface area contributed by atoms with Crippen LogP contribution in [0.25, 0.3) is 10.9 Å². The maximum absolute atomic E-state index is 13.6. The first-order valence-electron chi connectivity index (χ1n) is 4.64. The van der Waals surface area contributed by atoms with E-state index in [1.54, 1.807) is 6.07 Å². The van der Waals surface area contributed by atoms with E-state index in [2.05, 4.69) is 10.3 Å². The minimum absolute atomic E-state index is 0.0512.